The second-order valence-electron chi connectivity index (χ2n) is 7.05. The number of carbonyl (C=O) groups is 1. The Morgan fingerprint density at radius 1 is 1.37 bits per heavy atom. The topological polar surface area (TPSA) is 87.0 Å². The summed E-state index contributed by atoms with van der Waals surface area (Å²) in [6, 6.07) is 3.46. The highest BCUT2D eigenvalue weighted by Gasteiger charge is 2.36. The number of hydrogen-bond donors (Lipinski definition) is 1. The molecule has 0 aromatic carbocycles. The van der Waals surface area contributed by atoms with E-state index in [2.05, 4.69) is 26.9 Å². The van der Waals surface area contributed by atoms with Gasteiger partial charge in [0.15, 0.2) is 11.7 Å². The quantitative estimate of drug-likeness (QED) is 0.642. The number of halogens is 1. The summed E-state index contributed by atoms with van der Waals surface area (Å²) in [6.45, 7) is 13.5. The molecule has 1 fully saturated rings. The van der Waals surface area contributed by atoms with Crippen LogP contribution in [0.15, 0.2) is 56.3 Å². The lowest BCUT2D eigenvalue weighted by Crippen LogP contribution is -2.57. The standard InChI is InChI=1S/C21H28ClN5O2S/c1-7-14(5)27-20(25-15(6)22)18(13(3)4)26-19(21(27)28)24-12-16-9-10-17(23-11-16)30(29)8-2/h9-11,14H,6-8,12H2,1-5H3,(H,24,26)/t14-,30?/m1/s1. The molecule has 9 heteroatoms. The minimum Gasteiger partial charge on any atom is -0.333 e. The number of aliphatic imine (C=N–C) groups is 2. The summed E-state index contributed by atoms with van der Waals surface area (Å²) >= 11 is 5.94. The van der Waals surface area contributed by atoms with Crippen molar-refractivity contribution in [2.24, 2.45) is 9.98 Å². The smallest absolute Gasteiger partial charge is 0.295 e. The van der Waals surface area contributed by atoms with E-state index in [1.54, 1.807) is 17.2 Å². The predicted octanol–water partition coefficient (Wildman–Crippen LogP) is 3.74. The van der Waals surface area contributed by atoms with Crippen molar-refractivity contribution in [2.75, 3.05) is 5.75 Å². The molecule has 1 aromatic rings. The molecule has 2 atom stereocenters. The third-order valence-corrected chi connectivity index (χ3v) is 5.91. The fraction of sp³-hybridized carbons (Fsp3) is 0.429. The highest BCUT2D eigenvalue weighted by molar-refractivity contribution is 7.84. The Hall–Kier alpha value is -2.32. The van der Waals surface area contributed by atoms with Gasteiger partial charge in [0.1, 0.15) is 10.2 Å². The van der Waals surface area contributed by atoms with Gasteiger partial charge in [0.25, 0.3) is 5.91 Å². The minimum atomic E-state index is -1.10. The molecule has 1 aliphatic rings. The minimum absolute atomic E-state index is 0.0983. The van der Waals surface area contributed by atoms with Gasteiger partial charge in [-0.3, -0.25) is 18.9 Å². The van der Waals surface area contributed by atoms with Crippen LogP contribution in [0.5, 0.6) is 0 Å². The maximum atomic E-state index is 13.2. The molecule has 1 N–H and O–H groups in total. The molecule has 0 radical (unpaired) electrons. The number of rotatable bonds is 7. The van der Waals surface area contributed by atoms with E-state index in [9.17, 15) is 9.00 Å². The molecule has 30 heavy (non-hydrogen) atoms. The fourth-order valence-electron chi connectivity index (χ4n) is 2.79. The first-order valence-corrected chi connectivity index (χ1v) is 11.5. The third-order valence-electron chi connectivity index (χ3n) is 4.59. The second kappa shape index (κ2) is 10.6. The summed E-state index contributed by atoms with van der Waals surface area (Å²) in [7, 11) is -1.10. The molecule has 0 aliphatic carbocycles. The third kappa shape index (κ3) is 5.64. The molecular weight excluding hydrogens is 422 g/mol. The molecule has 0 saturated carbocycles. The lowest BCUT2D eigenvalue weighted by atomic mass is 10.1. The fourth-order valence-corrected chi connectivity index (χ4v) is 3.55. The Kier molecular flexibility index (Phi) is 8.49. The first-order chi connectivity index (χ1) is 14.2. The Morgan fingerprint density at radius 3 is 2.57 bits per heavy atom. The van der Waals surface area contributed by atoms with Crippen LogP contribution in [-0.4, -0.2) is 43.5 Å². The molecule has 1 aliphatic heterocycles. The first kappa shape index (κ1) is 24.0. The number of nitrogens with one attached hydrogen (secondary N) is 1. The molecular formula is C21H28ClN5O2S. The van der Waals surface area contributed by atoms with E-state index in [1.807, 2.05) is 40.7 Å². The van der Waals surface area contributed by atoms with Crippen molar-refractivity contribution in [1.29, 1.82) is 0 Å². The first-order valence-electron chi connectivity index (χ1n) is 9.78. The Labute approximate surface area is 185 Å². The van der Waals surface area contributed by atoms with Gasteiger partial charge in [-0.25, -0.2) is 9.98 Å². The van der Waals surface area contributed by atoms with Crippen molar-refractivity contribution in [3.8, 4) is 0 Å². The van der Waals surface area contributed by atoms with E-state index in [4.69, 9.17) is 11.6 Å². The Morgan fingerprint density at radius 2 is 2.07 bits per heavy atom. The highest BCUT2D eigenvalue weighted by Crippen LogP contribution is 2.20. The molecule has 7 nitrogen and oxygen atoms in total. The zero-order valence-electron chi connectivity index (χ0n) is 18.0. The maximum absolute atomic E-state index is 13.2. The summed E-state index contributed by atoms with van der Waals surface area (Å²) in [4.78, 5) is 27.8. The van der Waals surface area contributed by atoms with Gasteiger partial charge >= 0.3 is 0 Å². The van der Waals surface area contributed by atoms with Crippen LogP contribution in [0.1, 0.15) is 46.6 Å². The lowest BCUT2D eigenvalue weighted by molar-refractivity contribution is -0.122. The number of amidine groups is 2. The molecule has 162 valence electrons. The number of pyridine rings is 1. The van der Waals surface area contributed by atoms with Crippen molar-refractivity contribution in [1.82, 2.24) is 15.2 Å². The van der Waals surface area contributed by atoms with Crippen molar-refractivity contribution in [2.45, 2.75) is 58.7 Å². The molecule has 1 unspecified atom stereocenters. The van der Waals surface area contributed by atoms with Crippen LogP contribution in [-0.2, 0) is 22.1 Å². The van der Waals surface area contributed by atoms with Crippen molar-refractivity contribution in [3.63, 3.8) is 0 Å². The van der Waals surface area contributed by atoms with Gasteiger partial charge in [-0.05, 0) is 44.4 Å². The van der Waals surface area contributed by atoms with Crippen molar-refractivity contribution in [3.05, 3.63) is 46.9 Å². The van der Waals surface area contributed by atoms with Gasteiger partial charge in [0.05, 0.1) is 23.0 Å². The Bertz CT molecular complexity index is 933. The average Bonchev–Trinajstić information content (AvgIpc) is 2.72. The van der Waals surface area contributed by atoms with Crippen LogP contribution in [0.2, 0.25) is 0 Å². The monoisotopic (exact) mass is 449 g/mol. The number of aromatic nitrogens is 1. The van der Waals surface area contributed by atoms with Crippen LogP contribution >= 0.6 is 11.6 Å². The largest absolute Gasteiger partial charge is 0.333 e. The van der Waals surface area contributed by atoms with Gasteiger partial charge in [0.2, 0.25) is 0 Å². The normalized spacial score (nSPS) is 19.1. The summed E-state index contributed by atoms with van der Waals surface area (Å²) in [6.07, 6.45) is 2.38. The van der Waals surface area contributed by atoms with Crippen molar-refractivity contribution >= 4 is 40.0 Å². The van der Waals surface area contributed by atoms with E-state index in [-0.39, 0.29) is 29.5 Å². The van der Waals surface area contributed by atoms with Gasteiger partial charge in [0, 0.05) is 18.0 Å². The maximum Gasteiger partial charge on any atom is 0.295 e. The van der Waals surface area contributed by atoms with E-state index >= 15 is 0 Å². The summed E-state index contributed by atoms with van der Waals surface area (Å²) in [5.74, 6) is 0.915. The number of allylic oxidation sites excluding steroid dienone is 1. The predicted molar refractivity (Wildman–Crippen MR) is 123 cm³/mol. The number of piperazine rings is 1. The molecule has 1 aromatic heterocycles. The van der Waals surface area contributed by atoms with Crippen LogP contribution in [0.25, 0.3) is 0 Å². The summed E-state index contributed by atoms with van der Waals surface area (Å²) < 4.78 is 11.8. The average molecular weight is 450 g/mol. The zero-order chi connectivity index (χ0) is 22.4. The number of nitrogens with zero attached hydrogens (tertiary/aromatic N) is 4. The number of amides is 1. The van der Waals surface area contributed by atoms with Gasteiger partial charge in [-0.15, -0.1) is 0 Å². The Balaban J connectivity index is 2.39. The molecule has 0 spiro atoms. The molecule has 2 rings (SSSR count). The molecule has 2 heterocycles. The van der Waals surface area contributed by atoms with E-state index in [0.29, 0.717) is 22.3 Å². The number of carbonyl (C=O) groups excluding carboxylic acids is 1. The summed E-state index contributed by atoms with van der Waals surface area (Å²) in [5, 5.41) is 3.75. The van der Waals surface area contributed by atoms with Gasteiger partial charge in [-0.2, -0.15) is 0 Å². The zero-order valence-corrected chi connectivity index (χ0v) is 19.6. The summed E-state index contributed by atoms with van der Waals surface area (Å²) in [5.41, 5.74) is 2.44. The molecule has 1 amide bonds. The van der Waals surface area contributed by atoms with Crippen LogP contribution in [0, 0.1) is 0 Å². The molecule has 1 saturated heterocycles. The number of hydrogen-bond acceptors (Lipinski definition) is 5. The lowest BCUT2D eigenvalue weighted by Gasteiger charge is -2.36. The molecule has 0 bridgehead atoms. The van der Waals surface area contributed by atoms with Crippen LogP contribution in [0.4, 0.5) is 0 Å². The van der Waals surface area contributed by atoms with Crippen molar-refractivity contribution < 1.29 is 9.00 Å². The van der Waals surface area contributed by atoms with Gasteiger partial charge in [-0.1, -0.05) is 38.1 Å². The highest BCUT2D eigenvalue weighted by atomic mass is 35.5. The van der Waals surface area contributed by atoms with E-state index in [1.165, 1.54) is 0 Å². The second-order valence-corrected chi connectivity index (χ2v) is 9.17. The van der Waals surface area contributed by atoms with E-state index < -0.39 is 10.8 Å². The SMILES string of the molecule is C=C(Cl)N=C1C(=C(C)C)NC(=NCc2ccc(S(=O)CC)nc2)C(=O)N1[C@H](C)CC. The van der Waals surface area contributed by atoms with Crippen LogP contribution < -0.4 is 5.32 Å². The van der Waals surface area contributed by atoms with Gasteiger partial charge < -0.3 is 5.32 Å². The van der Waals surface area contributed by atoms with Crippen LogP contribution in [0.3, 0.4) is 0 Å². The van der Waals surface area contributed by atoms with E-state index in [0.717, 1.165) is 17.6 Å².